The van der Waals surface area contributed by atoms with E-state index < -0.39 is 5.91 Å². The minimum absolute atomic E-state index is 0.0538. The lowest BCUT2D eigenvalue weighted by atomic mass is 10.2. The van der Waals surface area contributed by atoms with Gasteiger partial charge in [-0.05, 0) is 13.1 Å². The summed E-state index contributed by atoms with van der Waals surface area (Å²) in [6.07, 6.45) is 6.14. The highest BCUT2D eigenvalue weighted by Crippen LogP contribution is 2.26. The maximum atomic E-state index is 11.3. The van der Waals surface area contributed by atoms with E-state index in [1.807, 2.05) is 0 Å². The molecular formula is C19H21N9O3. The molecule has 3 N–H and O–H groups in total. The van der Waals surface area contributed by atoms with E-state index in [0.717, 1.165) is 31.9 Å². The molecule has 4 aromatic heterocycles. The van der Waals surface area contributed by atoms with Crippen LogP contribution in [0.4, 0.5) is 11.8 Å². The topological polar surface area (TPSA) is 144 Å². The van der Waals surface area contributed by atoms with Crippen molar-refractivity contribution in [2.24, 2.45) is 5.73 Å². The van der Waals surface area contributed by atoms with E-state index in [0.29, 0.717) is 35.3 Å². The fourth-order valence-corrected chi connectivity index (χ4v) is 3.47. The largest absolute Gasteiger partial charge is 0.458 e. The summed E-state index contributed by atoms with van der Waals surface area (Å²) in [6.45, 7) is 4.78. The van der Waals surface area contributed by atoms with Crippen molar-refractivity contribution in [3.63, 3.8) is 0 Å². The Balaban J connectivity index is 1.35. The first-order valence-corrected chi connectivity index (χ1v) is 9.77. The first-order valence-electron chi connectivity index (χ1n) is 9.77. The van der Waals surface area contributed by atoms with Gasteiger partial charge in [-0.15, -0.1) is 0 Å². The average molecular weight is 423 g/mol. The number of oxazole rings is 1. The lowest BCUT2D eigenvalue weighted by molar-refractivity contribution is 0.0974. The first-order chi connectivity index (χ1) is 15.1. The van der Waals surface area contributed by atoms with Crippen LogP contribution < -0.4 is 11.1 Å². The lowest BCUT2D eigenvalue weighted by Gasteiger charge is -2.31. The molecule has 5 heterocycles. The summed E-state index contributed by atoms with van der Waals surface area (Å²) in [7, 11) is 2.13. The molecule has 0 unspecified atom stereocenters. The molecule has 1 amide bonds. The van der Waals surface area contributed by atoms with Gasteiger partial charge in [0.25, 0.3) is 5.91 Å². The highest BCUT2D eigenvalue weighted by molar-refractivity contribution is 5.91. The van der Waals surface area contributed by atoms with Gasteiger partial charge in [-0.3, -0.25) is 15.0 Å². The van der Waals surface area contributed by atoms with Crippen molar-refractivity contribution in [2.45, 2.75) is 6.54 Å². The molecule has 1 aliphatic rings. The SMILES string of the molecule is CN1CCN(Cc2cnc(Nc3ncc(-c4coc(C(N)=O)c4)n4ncnc34)o2)CC1. The van der Waals surface area contributed by atoms with E-state index in [1.54, 1.807) is 16.9 Å². The van der Waals surface area contributed by atoms with Crippen LogP contribution in [0.15, 0.2) is 39.9 Å². The fraction of sp³-hybridized carbons (Fsp3) is 0.316. The molecule has 5 rings (SSSR count). The number of piperazine rings is 1. The van der Waals surface area contributed by atoms with Crippen LogP contribution in [0.1, 0.15) is 16.3 Å². The number of nitrogens with one attached hydrogen (secondary N) is 1. The molecule has 0 bridgehead atoms. The van der Waals surface area contributed by atoms with Crippen LogP contribution in [0.25, 0.3) is 16.9 Å². The zero-order valence-corrected chi connectivity index (χ0v) is 16.9. The predicted octanol–water partition coefficient (Wildman–Crippen LogP) is 0.962. The number of nitrogens with two attached hydrogens (primary N) is 1. The Morgan fingerprint density at radius 3 is 2.81 bits per heavy atom. The van der Waals surface area contributed by atoms with Crippen LogP contribution in [0.5, 0.6) is 0 Å². The third-order valence-corrected chi connectivity index (χ3v) is 5.20. The van der Waals surface area contributed by atoms with E-state index in [9.17, 15) is 4.79 Å². The van der Waals surface area contributed by atoms with Gasteiger partial charge in [0, 0.05) is 31.7 Å². The van der Waals surface area contributed by atoms with Crippen molar-refractivity contribution in [3.05, 3.63) is 42.6 Å². The highest BCUT2D eigenvalue weighted by atomic mass is 16.4. The van der Waals surface area contributed by atoms with Gasteiger partial charge in [-0.2, -0.15) is 5.10 Å². The predicted molar refractivity (Wildman–Crippen MR) is 110 cm³/mol. The summed E-state index contributed by atoms with van der Waals surface area (Å²) in [6, 6.07) is 1.86. The van der Waals surface area contributed by atoms with Gasteiger partial charge >= 0.3 is 6.01 Å². The Labute approximate surface area is 176 Å². The second-order valence-corrected chi connectivity index (χ2v) is 7.39. The number of likely N-dealkylation sites (N-methyl/N-ethyl adjacent to an activating group) is 1. The summed E-state index contributed by atoms with van der Waals surface area (Å²) < 4.78 is 12.6. The number of fused-ring (bicyclic) bond motifs is 1. The van der Waals surface area contributed by atoms with Crippen molar-refractivity contribution >= 4 is 23.4 Å². The number of amides is 1. The number of furan rings is 1. The molecule has 0 radical (unpaired) electrons. The minimum Gasteiger partial charge on any atom is -0.458 e. The zero-order chi connectivity index (χ0) is 21.4. The molecule has 12 nitrogen and oxygen atoms in total. The molecule has 160 valence electrons. The molecule has 4 aromatic rings. The third kappa shape index (κ3) is 3.85. The molecular weight excluding hydrogens is 402 g/mol. The number of nitrogens with zero attached hydrogens (tertiary/aromatic N) is 7. The van der Waals surface area contributed by atoms with E-state index in [2.05, 4.69) is 42.2 Å². The Morgan fingerprint density at radius 2 is 2.03 bits per heavy atom. The molecule has 0 spiro atoms. The average Bonchev–Trinajstić information content (AvgIpc) is 3.51. The summed E-state index contributed by atoms with van der Waals surface area (Å²) in [5.74, 6) is 0.619. The van der Waals surface area contributed by atoms with Crippen LogP contribution in [0.2, 0.25) is 0 Å². The van der Waals surface area contributed by atoms with Gasteiger partial charge < -0.3 is 19.5 Å². The number of hydrogen-bond donors (Lipinski definition) is 2. The lowest BCUT2D eigenvalue weighted by Crippen LogP contribution is -2.43. The van der Waals surface area contributed by atoms with Gasteiger partial charge in [0.2, 0.25) is 0 Å². The molecule has 1 fully saturated rings. The monoisotopic (exact) mass is 423 g/mol. The van der Waals surface area contributed by atoms with Gasteiger partial charge in [0.1, 0.15) is 18.4 Å². The maximum Gasteiger partial charge on any atom is 0.300 e. The Hall–Kier alpha value is -3.77. The van der Waals surface area contributed by atoms with Gasteiger partial charge in [0.15, 0.2) is 17.2 Å². The number of carbonyl (C=O) groups is 1. The molecule has 12 heteroatoms. The van der Waals surface area contributed by atoms with E-state index >= 15 is 0 Å². The van der Waals surface area contributed by atoms with Gasteiger partial charge in [-0.25, -0.2) is 19.5 Å². The second-order valence-electron chi connectivity index (χ2n) is 7.39. The number of hydrogen-bond acceptors (Lipinski definition) is 10. The van der Waals surface area contributed by atoms with Crippen LogP contribution in [0, 0.1) is 0 Å². The molecule has 0 saturated carbocycles. The Morgan fingerprint density at radius 1 is 1.19 bits per heavy atom. The van der Waals surface area contributed by atoms with Crippen molar-refractivity contribution in [3.8, 4) is 11.3 Å². The molecule has 0 atom stereocenters. The number of rotatable bonds is 6. The van der Waals surface area contributed by atoms with Crippen LogP contribution in [0.3, 0.4) is 0 Å². The van der Waals surface area contributed by atoms with Gasteiger partial charge in [-0.1, -0.05) is 0 Å². The summed E-state index contributed by atoms with van der Waals surface area (Å²) in [4.78, 5) is 29.0. The number of carbonyl (C=O) groups excluding carboxylic acids is 1. The molecule has 1 saturated heterocycles. The molecule has 1 aliphatic heterocycles. The first kappa shape index (κ1) is 19.2. The highest BCUT2D eigenvalue weighted by Gasteiger charge is 2.18. The molecule has 0 aromatic carbocycles. The number of aromatic nitrogens is 5. The standard InChI is InChI=1S/C19H21N9O3/c1-26-2-4-27(5-3-26)9-13-7-22-19(31-13)25-17-18-23-11-24-28(18)14(8-21-17)12-6-15(16(20)29)30-10-12/h6-8,10-11H,2-5,9H2,1H3,(H2,20,29)(H,21,22,25). The number of anilines is 2. The van der Waals surface area contributed by atoms with E-state index in [-0.39, 0.29) is 5.76 Å². The van der Waals surface area contributed by atoms with Gasteiger partial charge in [0.05, 0.1) is 24.6 Å². The summed E-state index contributed by atoms with van der Waals surface area (Å²) >= 11 is 0. The minimum atomic E-state index is -0.649. The molecule has 31 heavy (non-hydrogen) atoms. The maximum absolute atomic E-state index is 11.3. The zero-order valence-electron chi connectivity index (χ0n) is 16.9. The smallest absolute Gasteiger partial charge is 0.300 e. The quantitative estimate of drug-likeness (QED) is 0.460. The van der Waals surface area contributed by atoms with E-state index in [1.165, 1.54) is 18.7 Å². The number of primary amides is 1. The fourth-order valence-electron chi connectivity index (χ4n) is 3.47. The Kier molecular flexibility index (Phi) is 4.84. The third-order valence-electron chi connectivity index (χ3n) is 5.20. The second kappa shape index (κ2) is 7.81. The summed E-state index contributed by atoms with van der Waals surface area (Å²) in [5, 5.41) is 7.31. The van der Waals surface area contributed by atoms with Crippen molar-refractivity contribution < 1.29 is 13.6 Å². The Bertz CT molecular complexity index is 1220. The van der Waals surface area contributed by atoms with Crippen LogP contribution in [-0.4, -0.2) is 73.5 Å². The van der Waals surface area contributed by atoms with E-state index in [4.69, 9.17) is 14.6 Å². The van der Waals surface area contributed by atoms with Crippen molar-refractivity contribution in [1.29, 1.82) is 0 Å². The van der Waals surface area contributed by atoms with Crippen LogP contribution >= 0.6 is 0 Å². The van der Waals surface area contributed by atoms with Crippen LogP contribution in [-0.2, 0) is 6.54 Å². The van der Waals surface area contributed by atoms with Crippen molar-refractivity contribution in [2.75, 3.05) is 38.5 Å². The molecule has 0 aliphatic carbocycles. The summed E-state index contributed by atoms with van der Waals surface area (Å²) in [5.41, 5.74) is 6.93. The van der Waals surface area contributed by atoms with Crippen molar-refractivity contribution in [1.82, 2.24) is 34.4 Å². The normalized spacial score (nSPS) is 15.5.